The van der Waals surface area contributed by atoms with E-state index in [1.807, 2.05) is 0 Å². The van der Waals surface area contributed by atoms with E-state index in [1.54, 1.807) is 0 Å². The summed E-state index contributed by atoms with van der Waals surface area (Å²) in [4.78, 5) is 0. The molecule has 60 heavy (non-hydrogen) atoms. The summed E-state index contributed by atoms with van der Waals surface area (Å²) in [6.45, 7) is 0. The Morgan fingerprint density at radius 2 is 0.367 bits per heavy atom. The molecule has 2 N–H and O–H groups in total. The lowest BCUT2D eigenvalue weighted by Crippen LogP contribution is -2.81. The van der Waals surface area contributed by atoms with E-state index in [0.29, 0.717) is 0 Å². The van der Waals surface area contributed by atoms with Crippen molar-refractivity contribution in [2.75, 3.05) is 0 Å². The fourth-order valence-electron chi connectivity index (χ4n) is 5.67. The van der Waals surface area contributed by atoms with Crippen molar-refractivity contribution in [3.8, 4) is 5.75 Å². The van der Waals surface area contributed by atoms with Gasteiger partial charge in [-0.2, -0.15) is 8.78 Å². The molecular weight excluding hydrogens is 905 g/mol. The Bertz CT molecular complexity index is 2210. The van der Waals surface area contributed by atoms with Crippen molar-refractivity contribution in [3.05, 3.63) is 145 Å². The molecule has 0 bridgehead atoms. The highest BCUT2D eigenvalue weighted by atomic mass is 19.2. The summed E-state index contributed by atoms with van der Waals surface area (Å²) in [5.74, 6) is -84.5. The summed E-state index contributed by atoms with van der Waals surface area (Å²) < 4.78 is 360. The lowest BCUT2D eigenvalue weighted by Gasteiger charge is -2.44. The van der Waals surface area contributed by atoms with Crippen LogP contribution < -0.4 is 26.5 Å². The van der Waals surface area contributed by atoms with E-state index in [2.05, 4.69) is 4.65 Å². The molecule has 0 aromatic heterocycles. The van der Waals surface area contributed by atoms with Crippen LogP contribution in [-0.4, -0.2) is 23.5 Å². The highest BCUT2D eigenvalue weighted by molar-refractivity contribution is 7.20. The van der Waals surface area contributed by atoms with Gasteiger partial charge in [-0.25, -0.2) is 101 Å². The number of rotatable bonds is 6. The molecule has 0 radical (unpaired) electrons. The van der Waals surface area contributed by atoms with Gasteiger partial charge >= 0.3 is 7.32 Å². The van der Waals surface area contributed by atoms with E-state index in [1.165, 1.54) is 0 Å². The average molecular weight is 907 g/mol. The molecule has 0 unspecified atom stereocenters. The van der Waals surface area contributed by atoms with Crippen LogP contribution in [0.3, 0.4) is 0 Å². The molecule has 0 aliphatic rings. The van der Waals surface area contributed by atoms with Crippen LogP contribution in [0.25, 0.3) is 0 Å². The molecule has 0 saturated carbocycles. The van der Waals surface area contributed by atoms with Crippen LogP contribution in [0.1, 0.15) is 0 Å². The smallest absolute Gasteiger partial charge is 0.507 e. The maximum atomic E-state index is 15.4. The summed E-state index contributed by atoms with van der Waals surface area (Å²) in [5, 5.41) is 16.3. The molecule has 0 aliphatic carbocycles. The maximum absolute atomic E-state index is 15.4. The molecule has 3 nitrogen and oxygen atoms in total. The second-order valence-corrected chi connectivity index (χ2v) is 11.1. The molecule has 0 heterocycles. The maximum Gasteiger partial charge on any atom is 0.707 e. The van der Waals surface area contributed by atoms with E-state index in [9.17, 15) is 74.6 Å². The van der Waals surface area contributed by atoms with Crippen LogP contribution in [-0.2, 0) is 0 Å². The molecule has 30 heteroatoms. The molecule has 322 valence electrons. The topological polar surface area (TPSA) is 49.7 Å². The first kappa shape index (κ1) is 46.9. The van der Waals surface area contributed by atoms with Gasteiger partial charge in [0, 0.05) is 0 Å². The largest absolute Gasteiger partial charge is 0.707 e. The Labute approximate surface area is 311 Å². The first-order valence-electron chi connectivity index (χ1n) is 14.3. The lowest BCUT2D eigenvalue weighted by atomic mass is 9.12. The van der Waals surface area contributed by atoms with Crippen molar-refractivity contribution in [1.82, 2.24) is 0 Å². The third-order valence-corrected chi connectivity index (χ3v) is 8.10. The van der Waals surface area contributed by atoms with Crippen LogP contribution in [0.15, 0.2) is 0 Å². The summed E-state index contributed by atoms with van der Waals surface area (Å²) in [6, 6.07) is 0. The van der Waals surface area contributed by atoms with Crippen molar-refractivity contribution in [3.63, 3.8) is 0 Å². The van der Waals surface area contributed by atoms with Gasteiger partial charge in [0.05, 0.1) is 0 Å². The molecule has 5 aromatic rings. The summed E-state index contributed by atoms with van der Waals surface area (Å²) in [6.07, 6.45) is -7.22. The molecule has 0 spiro atoms. The van der Waals surface area contributed by atoms with Crippen molar-refractivity contribution >= 4 is 35.3 Å². The van der Waals surface area contributed by atoms with E-state index in [-0.39, 0.29) is 0 Å². The Kier molecular flexibility index (Phi) is 12.8. The first-order valence-corrected chi connectivity index (χ1v) is 14.3. The van der Waals surface area contributed by atoms with Gasteiger partial charge in [-0.1, -0.05) is 0 Å². The fraction of sp³-hybridized carbons (Fsp3) is 0. The zero-order chi connectivity index (χ0) is 46.1. The van der Waals surface area contributed by atoms with E-state index >= 15 is 35.1 Å². The molecule has 0 aliphatic heterocycles. The second-order valence-electron chi connectivity index (χ2n) is 11.1. The highest BCUT2D eigenvalue weighted by Gasteiger charge is 2.52. The zero-order valence-corrected chi connectivity index (χ0v) is 26.9. The van der Waals surface area contributed by atoms with E-state index in [0.717, 1.165) is 0 Å². The van der Waals surface area contributed by atoms with E-state index < -0.39 is 186 Å². The molecule has 0 fully saturated rings. The predicted octanol–water partition coefficient (Wildman–Crippen LogP) is 6.58. The summed E-state index contributed by atoms with van der Waals surface area (Å²) in [7, 11) is -2.70. The molecule has 5 aromatic carbocycles. The van der Waals surface area contributed by atoms with E-state index in [4.69, 9.17) is 10.0 Å². The number of hydrogen-bond acceptors (Lipinski definition) is 3. The zero-order valence-electron chi connectivity index (χ0n) is 26.9. The number of halogens is 25. The second kappa shape index (κ2) is 16.3. The van der Waals surface area contributed by atoms with Gasteiger partial charge in [-0.15, -0.1) is 21.9 Å². The van der Waals surface area contributed by atoms with Crippen LogP contribution in [0.4, 0.5) is 110 Å². The van der Waals surface area contributed by atoms with Gasteiger partial charge in [-0.3, -0.25) is 0 Å². The predicted molar refractivity (Wildman–Crippen MR) is 146 cm³/mol. The van der Waals surface area contributed by atoms with Crippen molar-refractivity contribution in [2.24, 2.45) is 0 Å². The minimum absolute atomic E-state index is 1.75. The Morgan fingerprint density at radius 3 is 0.517 bits per heavy atom. The van der Waals surface area contributed by atoms with Crippen LogP contribution in [0.2, 0.25) is 0 Å². The van der Waals surface area contributed by atoms with Gasteiger partial charge in [0.2, 0.25) is 29.1 Å². The number of hydrogen-bond donors (Lipinski definition) is 2. The van der Waals surface area contributed by atoms with Crippen molar-refractivity contribution in [2.45, 2.75) is 0 Å². The lowest BCUT2D eigenvalue weighted by molar-refractivity contribution is 0.263. The minimum atomic E-state index is -7.22. The summed E-state index contributed by atoms with van der Waals surface area (Å²) in [5.41, 5.74) is -14.3. The molecular formula is C30H2B2F25O3-. The SMILES string of the molecule is Fc1c(F)c(F)c([B-](c2c(F)c(F)c(F)c(F)c2F)(c2c(F)c(F)c(F)c(F)c2F)c2c(F)c(F)c(F)c(F)c2F)c(F)c1F.OB(O)Oc1c(F)c(F)c(F)c(F)c1F. The van der Waals surface area contributed by atoms with Gasteiger partial charge in [0.1, 0.15) is 52.7 Å². The quantitative estimate of drug-likeness (QED) is 0.0878. The Morgan fingerprint density at radius 1 is 0.233 bits per heavy atom. The molecule has 5 rings (SSSR count). The van der Waals surface area contributed by atoms with Crippen molar-refractivity contribution < 1.29 is 124 Å². The highest BCUT2D eigenvalue weighted by Crippen LogP contribution is 2.32. The van der Waals surface area contributed by atoms with Crippen LogP contribution in [0, 0.1) is 145 Å². The fourth-order valence-corrected chi connectivity index (χ4v) is 5.67. The Balaban J connectivity index is 0.000000445. The minimum Gasteiger partial charge on any atom is -0.507 e. The molecule has 0 saturated heterocycles. The normalized spacial score (nSPS) is 11.6. The summed E-state index contributed by atoms with van der Waals surface area (Å²) >= 11 is 0. The third kappa shape index (κ3) is 6.77. The van der Waals surface area contributed by atoms with Gasteiger partial charge in [0.15, 0.2) is 75.6 Å². The number of benzene rings is 5. The monoisotopic (exact) mass is 907 g/mol. The third-order valence-electron chi connectivity index (χ3n) is 8.10. The van der Waals surface area contributed by atoms with Crippen LogP contribution in [0.5, 0.6) is 5.75 Å². The van der Waals surface area contributed by atoms with Gasteiger partial charge in [-0.05, 0) is 0 Å². The molecule has 0 atom stereocenters. The van der Waals surface area contributed by atoms with Crippen LogP contribution >= 0.6 is 0 Å². The van der Waals surface area contributed by atoms with Crippen molar-refractivity contribution in [1.29, 1.82) is 0 Å². The Hall–Kier alpha value is -5.80. The average Bonchev–Trinajstić information content (AvgIpc) is 3.20. The van der Waals surface area contributed by atoms with Gasteiger partial charge < -0.3 is 14.7 Å². The standard InChI is InChI=1S/C24BF20.C6H2BF5O3/c26-5-1(6(27)14(35)21(42)13(5)34)25(2-7(28)15(36)22(43)16(37)8(2)29,3-9(30)17(38)23(44)18(39)10(3)31)4-11(32)19(40)24(45)20(41)12(4)33;8-1-2(9)4(11)6(15-7(13)14)5(12)3(1)10/h;13-14H/q-1;. The first-order chi connectivity index (χ1) is 27.6. The van der Waals surface area contributed by atoms with Gasteiger partial charge in [0.25, 0.3) is 0 Å². The molecule has 0 amide bonds.